The van der Waals surface area contributed by atoms with E-state index in [-0.39, 0.29) is 5.69 Å². The maximum absolute atomic E-state index is 12.9. The second-order valence-electron chi connectivity index (χ2n) is 3.88. The van der Waals surface area contributed by atoms with Crippen LogP contribution in [0.1, 0.15) is 10.4 Å². The molecule has 0 aliphatic rings. The highest BCUT2D eigenvalue weighted by Gasteiger charge is 2.33. The summed E-state index contributed by atoms with van der Waals surface area (Å²) in [5.41, 5.74) is -0.608. The van der Waals surface area contributed by atoms with Gasteiger partial charge in [-0.25, -0.2) is 0 Å². The molecule has 1 nitrogen and oxygen atoms in total. The lowest BCUT2D eigenvalue weighted by Gasteiger charge is -2.14. The molecule has 0 saturated heterocycles. The smallest absolute Gasteiger partial charge is 0.380 e. The summed E-state index contributed by atoms with van der Waals surface area (Å²) in [6.07, 6.45) is -4.39. The first-order chi connectivity index (χ1) is 9.27. The average molecular weight is 494 g/mol. The van der Waals surface area contributed by atoms with Gasteiger partial charge < -0.3 is 5.32 Å². The van der Waals surface area contributed by atoms with Gasteiger partial charge >= 0.3 is 6.18 Å². The van der Waals surface area contributed by atoms with Crippen LogP contribution in [0.4, 0.5) is 18.9 Å². The molecule has 0 saturated carbocycles. The minimum absolute atomic E-state index is 0.0707. The van der Waals surface area contributed by atoms with Crippen molar-refractivity contribution < 1.29 is 13.2 Å². The molecule has 20 heavy (non-hydrogen) atoms. The monoisotopic (exact) mass is 491 g/mol. The van der Waals surface area contributed by atoms with E-state index in [1.165, 1.54) is 17.4 Å². The van der Waals surface area contributed by atoms with Crippen LogP contribution in [0.15, 0.2) is 37.0 Å². The maximum Gasteiger partial charge on any atom is 0.418 e. The first-order valence-corrected chi connectivity index (χ1v) is 8.51. The minimum Gasteiger partial charge on any atom is -0.380 e. The first-order valence-electron chi connectivity index (χ1n) is 5.31. The molecule has 0 unspecified atom stereocenters. The Morgan fingerprint density at radius 3 is 2.35 bits per heavy atom. The van der Waals surface area contributed by atoms with Gasteiger partial charge in [-0.2, -0.15) is 13.2 Å². The molecule has 0 aliphatic heterocycles. The van der Waals surface area contributed by atoms with E-state index in [0.717, 1.165) is 19.2 Å². The van der Waals surface area contributed by atoms with Crippen molar-refractivity contribution in [2.45, 2.75) is 12.7 Å². The number of benzene rings is 1. The largest absolute Gasteiger partial charge is 0.418 e. The van der Waals surface area contributed by atoms with Gasteiger partial charge in [-0.15, -0.1) is 11.3 Å². The summed E-state index contributed by atoms with van der Waals surface area (Å²) in [5, 5.41) is 2.83. The third-order valence-electron chi connectivity index (χ3n) is 2.44. The van der Waals surface area contributed by atoms with Crippen molar-refractivity contribution in [1.29, 1.82) is 0 Å². The van der Waals surface area contributed by atoms with E-state index in [4.69, 9.17) is 0 Å². The lowest BCUT2D eigenvalue weighted by atomic mass is 10.1. The molecule has 0 aliphatic carbocycles. The molecule has 1 aromatic carbocycles. The van der Waals surface area contributed by atoms with Crippen molar-refractivity contribution in [3.8, 4) is 0 Å². The Labute approximate surface area is 143 Å². The number of nitrogens with one attached hydrogen (secondary N) is 1. The Balaban J connectivity index is 2.21. The van der Waals surface area contributed by atoms with Gasteiger partial charge in [-0.3, -0.25) is 0 Å². The fourth-order valence-corrected chi connectivity index (χ4v) is 4.04. The van der Waals surface area contributed by atoms with E-state index >= 15 is 0 Å². The van der Waals surface area contributed by atoms with E-state index < -0.39 is 11.7 Å². The second kappa shape index (κ2) is 6.37. The number of hydrogen-bond acceptors (Lipinski definition) is 2. The molecular formula is C12H7Br3F3NS. The van der Waals surface area contributed by atoms with Crippen molar-refractivity contribution in [2.75, 3.05) is 5.32 Å². The molecule has 2 aromatic rings. The molecular weight excluding hydrogens is 487 g/mol. The van der Waals surface area contributed by atoms with Crippen LogP contribution >= 0.6 is 59.1 Å². The molecule has 2 rings (SSSR count). The van der Waals surface area contributed by atoms with E-state index in [9.17, 15) is 13.2 Å². The lowest BCUT2D eigenvalue weighted by Crippen LogP contribution is -2.10. The molecule has 8 heteroatoms. The summed E-state index contributed by atoms with van der Waals surface area (Å²) in [6, 6.07) is 5.94. The topological polar surface area (TPSA) is 12.0 Å². The van der Waals surface area contributed by atoms with E-state index in [0.29, 0.717) is 11.0 Å². The van der Waals surface area contributed by atoms with Gasteiger partial charge in [0.15, 0.2) is 0 Å². The number of anilines is 1. The second-order valence-corrected chi connectivity index (χ2v) is 8.10. The van der Waals surface area contributed by atoms with Crippen LogP contribution in [0.25, 0.3) is 0 Å². The zero-order valence-corrected chi connectivity index (χ0v) is 15.3. The zero-order valence-electron chi connectivity index (χ0n) is 9.69. The molecule has 0 radical (unpaired) electrons. The van der Waals surface area contributed by atoms with Crippen molar-refractivity contribution in [3.63, 3.8) is 0 Å². The standard InChI is InChI=1S/C12H7Br3F3NS/c13-6-1-2-10(8(3-6)12(16,17)18)19-5-7-4-9(14)11(15)20-7/h1-4,19H,5H2. The van der Waals surface area contributed by atoms with Crippen LogP contribution in [0.3, 0.4) is 0 Å². The van der Waals surface area contributed by atoms with Gasteiger partial charge in [-0.05, 0) is 56.1 Å². The Bertz CT molecular complexity index is 605. The molecule has 0 atom stereocenters. The van der Waals surface area contributed by atoms with Gasteiger partial charge in [0, 0.05) is 26.1 Å². The molecule has 1 heterocycles. The summed E-state index contributed by atoms with van der Waals surface area (Å²) in [4.78, 5) is 0.930. The molecule has 0 fully saturated rings. The molecule has 108 valence electrons. The maximum atomic E-state index is 12.9. The normalized spacial score (nSPS) is 11.7. The van der Waals surface area contributed by atoms with Crippen LogP contribution < -0.4 is 5.32 Å². The Morgan fingerprint density at radius 2 is 1.80 bits per heavy atom. The summed E-state index contributed by atoms with van der Waals surface area (Å²) < 4.78 is 41.1. The highest BCUT2D eigenvalue weighted by Crippen LogP contribution is 2.37. The number of rotatable bonds is 3. The molecule has 0 amide bonds. The predicted octanol–water partition coefficient (Wildman–Crippen LogP) is 6.67. The van der Waals surface area contributed by atoms with Crippen LogP contribution in [0, 0.1) is 0 Å². The van der Waals surface area contributed by atoms with Crippen molar-refractivity contribution >= 4 is 64.8 Å². The first kappa shape index (κ1) is 16.3. The van der Waals surface area contributed by atoms with Crippen LogP contribution in [0.2, 0.25) is 0 Å². The predicted molar refractivity (Wildman–Crippen MR) is 86.2 cm³/mol. The number of alkyl halides is 3. The van der Waals surface area contributed by atoms with Gasteiger partial charge in [0.25, 0.3) is 0 Å². The Morgan fingerprint density at radius 1 is 1.10 bits per heavy atom. The number of halogens is 6. The Kier molecular flexibility index (Phi) is 5.20. The number of hydrogen-bond donors (Lipinski definition) is 1. The van der Waals surface area contributed by atoms with Crippen molar-refractivity contribution in [2.24, 2.45) is 0 Å². The Hall–Kier alpha value is -0.0500. The highest BCUT2D eigenvalue weighted by molar-refractivity contribution is 9.13. The van der Waals surface area contributed by atoms with Crippen molar-refractivity contribution in [1.82, 2.24) is 0 Å². The highest BCUT2D eigenvalue weighted by atomic mass is 79.9. The van der Waals surface area contributed by atoms with Gasteiger partial charge in [0.2, 0.25) is 0 Å². The zero-order chi connectivity index (χ0) is 14.9. The van der Waals surface area contributed by atoms with E-state index in [1.54, 1.807) is 6.07 Å². The fourth-order valence-electron chi connectivity index (χ4n) is 1.57. The molecule has 0 spiro atoms. The van der Waals surface area contributed by atoms with Crippen molar-refractivity contribution in [3.05, 3.63) is 47.4 Å². The minimum atomic E-state index is -4.39. The summed E-state index contributed by atoms with van der Waals surface area (Å²) in [6.45, 7) is 0.333. The molecule has 1 N–H and O–H groups in total. The van der Waals surface area contributed by atoms with E-state index in [1.807, 2.05) is 6.07 Å². The third-order valence-corrected chi connectivity index (χ3v) is 6.19. The van der Waals surface area contributed by atoms with Crippen LogP contribution in [0.5, 0.6) is 0 Å². The lowest BCUT2D eigenvalue weighted by molar-refractivity contribution is -0.137. The van der Waals surface area contributed by atoms with Gasteiger partial charge in [0.05, 0.1) is 9.35 Å². The molecule has 0 bridgehead atoms. The third kappa shape index (κ3) is 3.99. The average Bonchev–Trinajstić information content (AvgIpc) is 2.66. The summed E-state index contributed by atoms with van der Waals surface area (Å²) in [7, 11) is 0. The van der Waals surface area contributed by atoms with Gasteiger partial charge in [0.1, 0.15) is 0 Å². The SMILES string of the molecule is FC(F)(F)c1cc(Br)ccc1NCc1cc(Br)c(Br)s1. The van der Waals surface area contributed by atoms with E-state index in [2.05, 4.69) is 53.1 Å². The quantitative estimate of drug-likeness (QED) is 0.503. The number of thiophene rings is 1. The summed E-state index contributed by atoms with van der Waals surface area (Å²) in [5.74, 6) is 0. The van der Waals surface area contributed by atoms with Crippen LogP contribution in [-0.4, -0.2) is 0 Å². The van der Waals surface area contributed by atoms with Crippen LogP contribution in [-0.2, 0) is 12.7 Å². The molecule has 1 aromatic heterocycles. The fraction of sp³-hybridized carbons (Fsp3) is 0.167. The van der Waals surface area contributed by atoms with Gasteiger partial charge in [-0.1, -0.05) is 15.9 Å². The summed E-state index contributed by atoms with van der Waals surface area (Å²) >= 11 is 11.2.